The lowest BCUT2D eigenvalue weighted by Crippen LogP contribution is -2.16. The molecule has 0 heterocycles. The van der Waals surface area contributed by atoms with Gasteiger partial charge in [0, 0.05) is 5.56 Å². The summed E-state index contributed by atoms with van der Waals surface area (Å²) < 4.78 is 29.9. The fourth-order valence-corrected chi connectivity index (χ4v) is 2.27. The second-order valence-electron chi connectivity index (χ2n) is 5.23. The summed E-state index contributed by atoms with van der Waals surface area (Å²) in [4.78, 5) is 0. The predicted molar refractivity (Wildman–Crippen MR) is 76.8 cm³/mol. The second kappa shape index (κ2) is 5.70. The number of benzene rings is 1. The Kier molecular flexibility index (Phi) is 4.74. The van der Waals surface area contributed by atoms with Crippen LogP contribution in [0.2, 0.25) is 19.6 Å². The molecule has 98 valence electrons. The molecule has 0 radical (unpaired) electrons. The molecule has 0 fully saturated rings. The molecule has 0 spiro atoms. The largest absolute Gasteiger partial charge is 0.286 e. The molecule has 0 unspecified atom stereocenters. The van der Waals surface area contributed by atoms with Crippen molar-refractivity contribution in [2.45, 2.75) is 26.1 Å². The summed E-state index contributed by atoms with van der Waals surface area (Å²) in [5, 5.41) is 0. The van der Waals surface area contributed by atoms with Crippen molar-refractivity contribution in [3.8, 4) is 11.5 Å². The van der Waals surface area contributed by atoms with Crippen LogP contribution in [0.3, 0.4) is 0 Å². The molecule has 0 atom stereocenters. The van der Waals surface area contributed by atoms with Gasteiger partial charge in [-0.2, -0.15) is 8.42 Å². The van der Waals surface area contributed by atoms with Gasteiger partial charge in [-0.3, -0.25) is 4.55 Å². The van der Waals surface area contributed by atoms with Gasteiger partial charge in [0.05, 0.1) is 5.75 Å². The number of rotatable bonds is 3. The van der Waals surface area contributed by atoms with Gasteiger partial charge in [0.1, 0.15) is 8.07 Å². The van der Waals surface area contributed by atoms with E-state index in [4.69, 9.17) is 4.55 Å². The van der Waals surface area contributed by atoms with Crippen LogP contribution in [0.5, 0.6) is 0 Å². The zero-order valence-electron chi connectivity index (χ0n) is 10.9. The quantitative estimate of drug-likeness (QED) is 0.526. The van der Waals surface area contributed by atoms with Crippen LogP contribution in [0.15, 0.2) is 24.3 Å². The Bertz CT molecular complexity index is 557. The van der Waals surface area contributed by atoms with Crippen molar-refractivity contribution in [2.24, 2.45) is 0 Å². The van der Waals surface area contributed by atoms with E-state index in [1.54, 1.807) is 0 Å². The molecule has 0 saturated heterocycles. The Hall–Kier alpha value is -1.09. The Morgan fingerprint density at radius 2 is 1.72 bits per heavy atom. The van der Waals surface area contributed by atoms with Crippen LogP contribution in [-0.2, 0) is 16.5 Å². The van der Waals surface area contributed by atoms with E-state index < -0.39 is 18.2 Å². The summed E-state index contributed by atoms with van der Waals surface area (Å²) in [6.07, 6.45) is 0.320. The van der Waals surface area contributed by atoms with E-state index in [2.05, 4.69) is 31.1 Å². The van der Waals surface area contributed by atoms with E-state index in [9.17, 15) is 8.42 Å². The first-order valence-electron chi connectivity index (χ1n) is 5.73. The van der Waals surface area contributed by atoms with Gasteiger partial charge < -0.3 is 0 Å². The van der Waals surface area contributed by atoms with Crippen molar-refractivity contribution in [3.05, 3.63) is 35.4 Å². The summed E-state index contributed by atoms with van der Waals surface area (Å²) in [5.41, 5.74) is 5.09. The van der Waals surface area contributed by atoms with Crippen LogP contribution in [0.1, 0.15) is 11.1 Å². The van der Waals surface area contributed by atoms with Crippen LogP contribution < -0.4 is 0 Å². The fourth-order valence-electron chi connectivity index (χ4n) is 1.26. The van der Waals surface area contributed by atoms with Gasteiger partial charge in [0.15, 0.2) is 0 Å². The Morgan fingerprint density at radius 3 is 2.17 bits per heavy atom. The van der Waals surface area contributed by atoms with Crippen LogP contribution in [0.4, 0.5) is 0 Å². The van der Waals surface area contributed by atoms with Crippen molar-refractivity contribution >= 4 is 18.2 Å². The molecule has 0 amide bonds. The van der Waals surface area contributed by atoms with Gasteiger partial charge in [0.2, 0.25) is 0 Å². The topological polar surface area (TPSA) is 54.4 Å². The average Bonchev–Trinajstić information content (AvgIpc) is 2.23. The maximum absolute atomic E-state index is 10.6. The molecule has 0 aromatic heterocycles. The highest BCUT2D eigenvalue weighted by molar-refractivity contribution is 7.85. The lowest BCUT2D eigenvalue weighted by molar-refractivity contribution is 0.482. The first-order chi connectivity index (χ1) is 8.16. The smallest absolute Gasteiger partial charge is 0.265 e. The first kappa shape index (κ1) is 15.0. The molecule has 5 heteroatoms. The van der Waals surface area contributed by atoms with E-state index in [1.165, 1.54) is 0 Å². The molecule has 1 N–H and O–H groups in total. The molecular formula is C13H18O3SSi. The number of aryl methyl sites for hydroxylation is 1. The monoisotopic (exact) mass is 282 g/mol. The molecule has 0 aliphatic carbocycles. The number of hydrogen-bond acceptors (Lipinski definition) is 2. The van der Waals surface area contributed by atoms with Gasteiger partial charge in [-0.1, -0.05) is 37.7 Å². The average molecular weight is 282 g/mol. The third-order valence-corrected chi connectivity index (χ3v) is 3.78. The minimum absolute atomic E-state index is 0.243. The van der Waals surface area contributed by atoms with Crippen LogP contribution >= 0.6 is 0 Å². The van der Waals surface area contributed by atoms with Crippen molar-refractivity contribution in [3.63, 3.8) is 0 Å². The summed E-state index contributed by atoms with van der Waals surface area (Å²) in [5.74, 6) is 2.89. The highest BCUT2D eigenvalue weighted by Gasteiger charge is 2.07. The van der Waals surface area contributed by atoms with E-state index in [0.717, 1.165) is 11.1 Å². The van der Waals surface area contributed by atoms with E-state index in [1.807, 2.05) is 24.3 Å². The van der Waals surface area contributed by atoms with Crippen molar-refractivity contribution in [1.82, 2.24) is 0 Å². The number of hydrogen-bond donors (Lipinski definition) is 1. The zero-order chi connectivity index (χ0) is 13.8. The lowest BCUT2D eigenvalue weighted by Gasteiger charge is -2.03. The fraction of sp³-hybridized carbons (Fsp3) is 0.385. The standard InChI is InChI=1S/C13H18O3SSi/c1-18(2,3)11-9-13-6-4-12(5-7-13)8-10-17(14,15)16/h4-7H,8,10H2,1-3H3,(H,14,15,16). The summed E-state index contributed by atoms with van der Waals surface area (Å²) in [6.45, 7) is 6.54. The first-order valence-corrected chi connectivity index (χ1v) is 10.8. The summed E-state index contributed by atoms with van der Waals surface area (Å²) in [7, 11) is -5.25. The molecule has 0 bridgehead atoms. The van der Waals surface area contributed by atoms with E-state index in [-0.39, 0.29) is 5.75 Å². The molecule has 1 rings (SSSR count). The minimum atomic E-state index is -3.88. The molecular weight excluding hydrogens is 264 g/mol. The molecule has 0 aliphatic heterocycles. The van der Waals surface area contributed by atoms with Crippen molar-refractivity contribution in [2.75, 3.05) is 5.75 Å². The molecule has 0 saturated carbocycles. The SMILES string of the molecule is C[Si](C)(C)C#Cc1ccc(CCS(=O)(=O)O)cc1. The van der Waals surface area contributed by atoms with Crippen molar-refractivity contribution in [1.29, 1.82) is 0 Å². The predicted octanol–water partition coefficient (Wildman–Crippen LogP) is 2.35. The highest BCUT2D eigenvalue weighted by Crippen LogP contribution is 2.06. The maximum atomic E-state index is 10.6. The zero-order valence-corrected chi connectivity index (χ0v) is 12.7. The third-order valence-electron chi connectivity index (χ3n) is 2.18. The molecule has 3 nitrogen and oxygen atoms in total. The summed E-state index contributed by atoms with van der Waals surface area (Å²) >= 11 is 0. The lowest BCUT2D eigenvalue weighted by atomic mass is 10.1. The van der Waals surface area contributed by atoms with Crippen LogP contribution in [0, 0.1) is 11.5 Å². The Morgan fingerprint density at radius 1 is 1.17 bits per heavy atom. The van der Waals surface area contributed by atoms with Crippen LogP contribution in [0.25, 0.3) is 0 Å². The second-order valence-corrected chi connectivity index (χ2v) is 11.6. The van der Waals surface area contributed by atoms with Gasteiger partial charge >= 0.3 is 0 Å². The van der Waals surface area contributed by atoms with Gasteiger partial charge in [-0.15, -0.1) is 5.54 Å². The molecule has 18 heavy (non-hydrogen) atoms. The molecule has 1 aromatic carbocycles. The Balaban J connectivity index is 2.71. The van der Waals surface area contributed by atoms with Gasteiger partial charge in [-0.05, 0) is 24.1 Å². The minimum Gasteiger partial charge on any atom is -0.286 e. The molecule has 0 aliphatic rings. The Labute approximate surface area is 110 Å². The highest BCUT2D eigenvalue weighted by atomic mass is 32.2. The van der Waals surface area contributed by atoms with E-state index >= 15 is 0 Å². The van der Waals surface area contributed by atoms with Gasteiger partial charge in [0.25, 0.3) is 10.1 Å². The normalized spacial score (nSPS) is 11.8. The van der Waals surface area contributed by atoms with Crippen molar-refractivity contribution < 1.29 is 13.0 Å². The third kappa shape index (κ3) is 6.60. The maximum Gasteiger partial charge on any atom is 0.265 e. The van der Waals surface area contributed by atoms with Crippen LogP contribution in [-0.4, -0.2) is 26.8 Å². The van der Waals surface area contributed by atoms with E-state index in [0.29, 0.717) is 6.42 Å². The molecule has 1 aromatic rings. The van der Waals surface area contributed by atoms with Gasteiger partial charge in [-0.25, -0.2) is 0 Å². The summed E-state index contributed by atoms with van der Waals surface area (Å²) in [6, 6.07) is 7.46.